The minimum Gasteiger partial charge on any atom is -0.507 e. The van der Waals surface area contributed by atoms with Crippen molar-refractivity contribution in [2.24, 2.45) is 9.98 Å². The first-order chi connectivity index (χ1) is 15.7. The summed E-state index contributed by atoms with van der Waals surface area (Å²) in [6.45, 7) is 0. The second-order valence-electron chi connectivity index (χ2n) is 7.51. The molecule has 0 saturated heterocycles. The van der Waals surface area contributed by atoms with Gasteiger partial charge in [0.2, 0.25) is 0 Å². The van der Waals surface area contributed by atoms with Crippen molar-refractivity contribution in [1.29, 1.82) is 0 Å². The topological polar surface area (TPSA) is 64.0 Å². The number of para-hydroxylation sites is 2. The van der Waals surface area contributed by atoms with Gasteiger partial charge in [0.1, 0.15) is 11.6 Å². The van der Waals surface area contributed by atoms with Crippen LogP contribution in [-0.2, 0) is 0 Å². The molecule has 0 radical (unpaired) electrons. The molecular weight excluding hydrogens is 440 g/mol. The molecule has 0 amide bonds. The smallest absolute Gasteiger partial charge is 0.176 e. The van der Waals surface area contributed by atoms with Gasteiger partial charge in [0.15, 0.2) is 11.3 Å². The van der Waals surface area contributed by atoms with Gasteiger partial charge in [-0.3, -0.25) is 4.90 Å². The Morgan fingerprint density at radius 2 is 1.72 bits per heavy atom. The number of halogens is 1. The second kappa shape index (κ2) is 7.58. The summed E-state index contributed by atoms with van der Waals surface area (Å²) in [7, 11) is 0. The maximum Gasteiger partial charge on any atom is 0.176 e. The SMILES string of the molecule is Oc1ccccc1C1=CSC2=NC(c3c[nH]c4ccccc34)N=C(c3ccc(Cl)cc3)N12. The van der Waals surface area contributed by atoms with Gasteiger partial charge < -0.3 is 10.1 Å². The predicted molar refractivity (Wildman–Crippen MR) is 132 cm³/mol. The van der Waals surface area contributed by atoms with Crippen LogP contribution < -0.4 is 0 Å². The first-order valence-corrected chi connectivity index (χ1v) is 11.4. The Bertz CT molecular complexity index is 1440. The van der Waals surface area contributed by atoms with Gasteiger partial charge in [0, 0.05) is 44.2 Å². The molecule has 0 saturated carbocycles. The molecule has 4 aromatic rings. The normalized spacial score (nSPS) is 17.7. The number of aromatic nitrogens is 1. The number of hydrogen-bond acceptors (Lipinski definition) is 5. The molecule has 5 nitrogen and oxygen atoms in total. The highest BCUT2D eigenvalue weighted by Crippen LogP contribution is 2.42. The number of hydrogen-bond donors (Lipinski definition) is 2. The van der Waals surface area contributed by atoms with Crippen molar-refractivity contribution in [2.75, 3.05) is 0 Å². The average molecular weight is 457 g/mol. The first kappa shape index (κ1) is 19.2. The molecule has 2 aliphatic heterocycles. The fraction of sp³-hybridized carbons (Fsp3) is 0.0400. The Balaban J connectivity index is 1.51. The van der Waals surface area contributed by atoms with Crippen molar-refractivity contribution in [3.63, 3.8) is 0 Å². The number of fused-ring (bicyclic) bond motifs is 2. The lowest BCUT2D eigenvalue weighted by atomic mass is 10.1. The summed E-state index contributed by atoms with van der Waals surface area (Å²) in [6, 6.07) is 23.1. The number of thioether (sulfide) groups is 1. The summed E-state index contributed by atoms with van der Waals surface area (Å²) >= 11 is 7.68. The molecular formula is C25H17ClN4OS. The number of nitrogens with one attached hydrogen (secondary N) is 1. The molecule has 156 valence electrons. The highest BCUT2D eigenvalue weighted by atomic mass is 35.5. The van der Waals surface area contributed by atoms with Crippen LogP contribution in [0.4, 0.5) is 0 Å². The predicted octanol–water partition coefficient (Wildman–Crippen LogP) is 6.39. The van der Waals surface area contributed by atoms with Crippen molar-refractivity contribution in [3.8, 4) is 5.75 Å². The second-order valence-corrected chi connectivity index (χ2v) is 8.78. The van der Waals surface area contributed by atoms with Gasteiger partial charge in [-0.25, -0.2) is 9.98 Å². The quantitative estimate of drug-likeness (QED) is 0.375. The lowest BCUT2D eigenvalue weighted by Gasteiger charge is -2.30. The number of phenolic OH excluding ortho intramolecular Hbond substituents is 1. The summed E-state index contributed by atoms with van der Waals surface area (Å²) in [6.07, 6.45) is 1.60. The highest BCUT2D eigenvalue weighted by molar-refractivity contribution is 8.16. The van der Waals surface area contributed by atoms with Crippen LogP contribution in [0.25, 0.3) is 16.6 Å². The van der Waals surface area contributed by atoms with Gasteiger partial charge in [-0.05, 0) is 42.5 Å². The zero-order valence-electron chi connectivity index (χ0n) is 16.7. The zero-order valence-corrected chi connectivity index (χ0v) is 18.3. The number of aromatic hydroxyl groups is 1. The Kier molecular flexibility index (Phi) is 4.56. The molecule has 1 atom stereocenters. The zero-order chi connectivity index (χ0) is 21.7. The maximum atomic E-state index is 10.5. The minimum absolute atomic E-state index is 0.217. The van der Waals surface area contributed by atoms with E-state index in [0.717, 1.165) is 44.3 Å². The fourth-order valence-corrected chi connectivity index (χ4v) is 5.07. The molecule has 1 aromatic heterocycles. The molecule has 2 aliphatic rings. The summed E-state index contributed by atoms with van der Waals surface area (Å²) in [5, 5.41) is 15.1. The first-order valence-electron chi connectivity index (χ1n) is 10.1. The fourth-order valence-electron chi connectivity index (χ4n) is 4.04. The van der Waals surface area contributed by atoms with Crippen LogP contribution in [0.3, 0.4) is 0 Å². The van der Waals surface area contributed by atoms with Crippen LogP contribution in [0.1, 0.15) is 22.9 Å². The van der Waals surface area contributed by atoms with Crippen molar-refractivity contribution in [2.45, 2.75) is 6.17 Å². The van der Waals surface area contributed by atoms with E-state index in [1.807, 2.05) is 77.2 Å². The number of benzene rings is 3. The van der Waals surface area contributed by atoms with E-state index in [2.05, 4.69) is 11.1 Å². The van der Waals surface area contributed by atoms with Crippen LogP contribution in [0, 0.1) is 0 Å². The van der Waals surface area contributed by atoms with E-state index in [1.165, 1.54) is 11.8 Å². The van der Waals surface area contributed by atoms with Crippen LogP contribution in [0.2, 0.25) is 5.02 Å². The molecule has 6 rings (SSSR count). The third-order valence-corrected chi connectivity index (χ3v) is 6.67. The van der Waals surface area contributed by atoms with E-state index >= 15 is 0 Å². The van der Waals surface area contributed by atoms with Gasteiger partial charge >= 0.3 is 0 Å². The minimum atomic E-state index is -0.382. The van der Waals surface area contributed by atoms with E-state index in [-0.39, 0.29) is 11.9 Å². The van der Waals surface area contributed by atoms with E-state index in [0.29, 0.717) is 5.02 Å². The third-order valence-electron chi connectivity index (χ3n) is 5.58. The summed E-state index contributed by atoms with van der Waals surface area (Å²) in [5.41, 5.74) is 4.59. The van der Waals surface area contributed by atoms with Gasteiger partial charge in [-0.15, -0.1) is 0 Å². The third kappa shape index (κ3) is 3.11. The van der Waals surface area contributed by atoms with Gasteiger partial charge in [-0.1, -0.05) is 53.7 Å². The van der Waals surface area contributed by atoms with Gasteiger partial charge in [0.25, 0.3) is 0 Å². The molecule has 0 spiro atoms. The molecule has 7 heteroatoms. The molecule has 1 unspecified atom stereocenters. The Morgan fingerprint density at radius 1 is 0.938 bits per heavy atom. The highest BCUT2D eigenvalue weighted by Gasteiger charge is 2.35. The Hall–Kier alpha value is -3.48. The Morgan fingerprint density at radius 3 is 2.56 bits per heavy atom. The number of amidine groups is 2. The maximum absolute atomic E-state index is 10.5. The van der Waals surface area contributed by atoms with Gasteiger partial charge in [-0.2, -0.15) is 0 Å². The van der Waals surface area contributed by atoms with Crippen LogP contribution in [0.15, 0.2) is 94.4 Å². The van der Waals surface area contributed by atoms with Crippen molar-refractivity contribution < 1.29 is 5.11 Å². The van der Waals surface area contributed by atoms with Crippen LogP contribution >= 0.6 is 23.4 Å². The molecule has 3 heterocycles. The van der Waals surface area contributed by atoms with Crippen molar-refractivity contribution in [1.82, 2.24) is 9.88 Å². The lowest BCUT2D eigenvalue weighted by molar-refractivity contribution is 0.472. The summed E-state index contributed by atoms with van der Waals surface area (Å²) in [4.78, 5) is 15.4. The molecule has 0 bridgehead atoms. The number of aliphatic imine (C=N–C) groups is 2. The van der Waals surface area contributed by atoms with E-state index < -0.39 is 0 Å². The van der Waals surface area contributed by atoms with Gasteiger partial charge in [0.05, 0.1) is 5.70 Å². The number of nitrogens with zero attached hydrogens (tertiary/aromatic N) is 3. The summed E-state index contributed by atoms with van der Waals surface area (Å²) in [5.74, 6) is 0.983. The molecule has 3 aromatic carbocycles. The van der Waals surface area contributed by atoms with Crippen LogP contribution in [-0.4, -0.2) is 26.0 Å². The van der Waals surface area contributed by atoms with Crippen molar-refractivity contribution >= 4 is 51.0 Å². The molecule has 2 N–H and O–H groups in total. The Labute approximate surface area is 193 Å². The van der Waals surface area contributed by atoms with Crippen LogP contribution in [0.5, 0.6) is 5.75 Å². The van der Waals surface area contributed by atoms with E-state index in [1.54, 1.807) is 6.07 Å². The number of rotatable bonds is 3. The molecule has 0 aliphatic carbocycles. The number of phenols is 1. The molecule has 32 heavy (non-hydrogen) atoms. The summed E-state index contributed by atoms with van der Waals surface area (Å²) < 4.78 is 0. The monoisotopic (exact) mass is 456 g/mol. The van der Waals surface area contributed by atoms with E-state index in [9.17, 15) is 5.11 Å². The molecule has 0 fully saturated rings. The standard InChI is InChI=1S/C25H17ClN4OS/c26-16-11-9-15(10-12-16)24-28-23(19-13-27-20-7-3-1-5-17(19)20)29-25-30(24)21(14-32-25)18-6-2-4-8-22(18)31/h1-14,23,27,31H. The number of aromatic amines is 1. The van der Waals surface area contributed by atoms with Crippen molar-refractivity contribution in [3.05, 3.63) is 106 Å². The lowest BCUT2D eigenvalue weighted by Crippen LogP contribution is -2.35. The number of H-pyrrole nitrogens is 1. The average Bonchev–Trinajstić information content (AvgIpc) is 3.44. The largest absolute Gasteiger partial charge is 0.507 e. The van der Waals surface area contributed by atoms with E-state index in [4.69, 9.17) is 21.6 Å².